The molecule has 74 valence electrons. The fourth-order valence-electron chi connectivity index (χ4n) is 1.34. The minimum absolute atomic E-state index is 0.928. The monoisotopic (exact) mass is 206 g/mol. The van der Waals surface area contributed by atoms with Gasteiger partial charge in [-0.3, -0.25) is 0 Å². The van der Waals surface area contributed by atoms with E-state index in [0.717, 1.165) is 17.9 Å². The Labute approximate surface area is 89.3 Å². The maximum Gasteiger partial charge on any atom is 0.138 e. The maximum atomic E-state index is 8.55. The van der Waals surface area contributed by atoms with Crippen molar-refractivity contribution in [2.24, 2.45) is 0 Å². The summed E-state index contributed by atoms with van der Waals surface area (Å²) in [6, 6.07) is 6.10. The third-order valence-corrected chi connectivity index (χ3v) is 2.57. The summed E-state index contributed by atoms with van der Waals surface area (Å²) in [5.41, 5.74) is 2.45. The molecule has 0 aromatic heterocycles. The Kier molecular flexibility index (Phi) is 4.34. The van der Waals surface area contributed by atoms with Gasteiger partial charge in [0.25, 0.3) is 0 Å². The van der Waals surface area contributed by atoms with Crippen LogP contribution in [0.3, 0.4) is 0 Å². The summed E-state index contributed by atoms with van der Waals surface area (Å²) in [7, 11) is 0. The number of nitriles is 1. The number of nitrogens with zero attached hydrogens (tertiary/aromatic N) is 1. The molecule has 1 aromatic rings. The zero-order valence-electron chi connectivity index (χ0n) is 8.50. The summed E-state index contributed by atoms with van der Waals surface area (Å²) in [4.78, 5) is 1.02. The molecule has 0 bridgehead atoms. The largest absolute Gasteiger partial charge is 0.385 e. The van der Waals surface area contributed by atoms with Crippen LogP contribution in [-0.2, 0) is 6.42 Å². The molecule has 0 saturated heterocycles. The number of hydrogen-bond donors (Lipinski definition) is 1. The van der Waals surface area contributed by atoms with Gasteiger partial charge in [-0.05, 0) is 48.9 Å². The van der Waals surface area contributed by atoms with Gasteiger partial charge in [0.05, 0.1) is 0 Å². The Morgan fingerprint density at radius 2 is 2.21 bits per heavy atom. The highest BCUT2D eigenvalue weighted by Gasteiger charge is 2.01. The van der Waals surface area contributed by atoms with E-state index in [9.17, 15) is 0 Å². The molecule has 14 heavy (non-hydrogen) atoms. The van der Waals surface area contributed by atoms with Gasteiger partial charge in [0, 0.05) is 17.1 Å². The molecule has 0 heterocycles. The van der Waals surface area contributed by atoms with E-state index >= 15 is 0 Å². The molecule has 0 aliphatic carbocycles. The lowest BCUT2D eigenvalue weighted by molar-refractivity contribution is 1.10. The number of thioether (sulfide) groups is 1. The predicted octanol–water partition coefficient (Wildman–Crippen LogP) is 3.25. The average Bonchev–Trinajstić information content (AvgIpc) is 2.21. The molecule has 1 rings (SSSR count). The molecule has 0 radical (unpaired) electrons. The standard InChI is InChI=1S/C11H14N2S/c1-3-9-7-10(14-8-12)5-6-11(9)13-4-2/h5-7,13H,3-4H2,1-2H3. The Bertz CT molecular complexity index is 342. The highest BCUT2D eigenvalue weighted by molar-refractivity contribution is 8.03. The predicted molar refractivity (Wildman–Crippen MR) is 61.5 cm³/mol. The second kappa shape index (κ2) is 5.56. The molecule has 1 N–H and O–H groups in total. The van der Waals surface area contributed by atoms with E-state index in [0.29, 0.717) is 0 Å². The van der Waals surface area contributed by atoms with Crippen LogP contribution in [0.5, 0.6) is 0 Å². The summed E-state index contributed by atoms with van der Waals surface area (Å²) in [6.07, 6.45) is 0.988. The first-order valence-electron chi connectivity index (χ1n) is 4.74. The van der Waals surface area contributed by atoms with Crippen LogP contribution in [0.2, 0.25) is 0 Å². The molecule has 0 amide bonds. The summed E-state index contributed by atoms with van der Waals surface area (Å²) in [6.45, 7) is 5.13. The molecule has 0 atom stereocenters. The van der Waals surface area contributed by atoms with E-state index in [1.807, 2.05) is 12.1 Å². The number of anilines is 1. The maximum absolute atomic E-state index is 8.55. The van der Waals surface area contributed by atoms with Crippen molar-refractivity contribution in [2.75, 3.05) is 11.9 Å². The van der Waals surface area contributed by atoms with Gasteiger partial charge in [-0.25, -0.2) is 0 Å². The molecule has 3 heteroatoms. The molecule has 0 spiro atoms. The highest BCUT2D eigenvalue weighted by atomic mass is 32.2. The van der Waals surface area contributed by atoms with Gasteiger partial charge in [-0.1, -0.05) is 6.92 Å². The number of nitrogens with one attached hydrogen (secondary N) is 1. The lowest BCUT2D eigenvalue weighted by Crippen LogP contribution is -2.00. The van der Waals surface area contributed by atoms with Gasteiger partial charge in [-0.15, -0.1) is 0 Å². The number of rotatable bonds is 4. The molecule has 0 aliphatic heterocycles. The first-order chi connectivity index (χ1) is 6.81. The van der Waals surface area contributed by atoms with Crippen molar-refractivity contribution in [2.45, 2.75) is 25.2 Å². The topological polar surface area (TPSA) is 35.8 Å². The lowest BCUT2D eigenvalue weighted by Gasteiger charge is -2.09. The first kappa shape index (κ1) is 10.9. The molecule has 0 unspecified atom stereocenters. The van der Waals surface area contributed by atoms with Crippen LogP contribution < -0.4 is 5.32 Å². The smallest absolute Gasteiger partial charge is 0.138 e. The Morgan fingerprint density at radius 1 is 1.43 bits per heavy atom. The van der Waals surface area contributed by atoms with E-state index < -0.39 is 0 Å². The molecule has 0 saturated carbocycles. The third kappa shape index (κ3) is 2.68. The van der Waals surface area contributed by atoms with Crippen LogP contribution in [0.15, 0.2) is 23.1 Å². The Balaban J connectivity index is 2.94. The van der Waals surface area contributed by atoms with E-state index in [2.05, 4.69) is 30.6 Å². The minimum Gasteiger partial charge on any atom is -0.385 e. The van der Waals surface area contributed by atoms with E-state index in [-0.39, 0.29) is 0 Å². The number of hydrogen-bond acceptors (Lipinski definition) is 3. The molecule has 0 aliphatic rings. The second-order valence-electron chi connectivity index (χ2n) is 2.90. The normalized spacial score (nSPS) is 9.50. The van der Waals surface area contributed by atoms with Crippen LogP contribution in [0.1, 0.15) is 19.4 Å². The minimum atomic E-state index is 0.928. The van der Waals surface area contributed by atoms with Crippen molar-refractivity contribution in [3.63, 3.8) is 0 Å². The summed E-state index contributed by atoms with van der Waals surface area (Å²) < 4.78 is 0. The van der Waals surface area contributed by atoms with Crippen LogP contribution in [-0.4, -0.2) is 6.54 Å². The van der Waals surface area contributed by atoms with Crippen molar-refractivity contribution in [3.05, 3.63) is 23.8 Å². The highest BCUT2D eigenvalue weighted by Crippen LogP contribution is 2.24. The zero-order valence-corrected chi connectivity index (χ0v) is 9.32. The molecule has 1 aromatic carbocycles. The quantitative estimate of drug-likeness (QED) is 0.606. The van der Waals surface area contributed by atoms with Crippen LogP contribution in [0.25, 0.3) is 0 Å². The Morgan fingerprint density at radius 3 is 2.79 bits per heavy atom. The fraction of sp³-hybridized carbons (Fsp3) is 0.364. The number of benzene rings is 1. The van der Waals surface area contributed by atoms with Crippen molar-refractivity contribution in [1.29, 1.82) is 5.26 Å². The summed E-state index contributed by atoms with van der Waals surface area (Å²) >= 11 is 1.21. The van der Waals surface area contributed by atoms with E-state index in [1.54, 1.807) is 0 Å². The molecular formula is C11H14N2S. The summed E-state index contributed by atoms with van der Waals surface area (Å²) in [5, 5.41) is 13.9. The molecule has 0 fully saturated rings. The van der Waals surface area contributed by atoms with Gasteiger partial charge in [0.15, 0.2) is 0 Å². The van der Waals surface area contributed by atoms with Crippen LogP contribution in [0, 0.1) is 10.7 Å². The third-order valence-electron chi connectivity index (χ3n) is 1.99. The van der Waals surface area contributed by atoms with Crippen molar-refractivity contribution < 1.29 is 0 Å². The fourth-order valence-corrected chi connectivity index (χ4v) is 1.78. The molecule has 2 nitrogen and oxygen atoms in total. The van der Waals surface area contributed by atoms with E-state index in [4.69, 9.17) is 5.26 Å². The van der Waals surface area contributed by atoms with Gasteiger partial charge in [0.1, 0.15) is 5.40 Å². The van der Waals surface area contributed by atoms with E-state index in [1.165, 1.54) is 23.0 Å². The van der Waals surface area contributed by atoms with Gasteiger partial charge >= 0.3 is 0 Å². The Hall–Kier alpha value is -1.14. The van der Waals surface area contributed by atoms with Gasteiger partial charge in [0.2, 0.25) is 0 Å². The van der Waals surface area contributed by atoms with Gasteiger partial charge in [-0.2, -0.15) is 5.26 Å². The zero-order chi connectivity index (χ0) is 10.4. The first-order valence-corrected chi connectivity index (χ1v) is 5.56. The second-order valence-corrected chi connectivity index (χ2v) is 3.75. The van der Waals surface area contributed by atoms with Crippen molar-refractivity contribution in [3.8, 4) is 5.40 Å². The average molecular weight is 206 g/mol. The summed E-state index contributed by atoms with van der Waals surface area (Å²) in [5.74, 6) is 0. The van der Waals surface area contributed by atoms with Crippen molar-refractivity contribution >= 4 is 17.4 Å². The SMILES string of the molecule is CCNc1ccc(SC#N)cc1CC. The van der Waals surface area contributed by atoms with Crippen LogP contribution in [0.4, 0.5) is 5.69 Å². The van der Waals surface area contributed by atoms with Gasteiger partial charge < -0.3 is 5.32 Å². The van der Waals surface area contributed by atoms with Crippen molar-refractivity contribution in [1.82, 2.24) is 0 Å². The number of thiocyanates is 1. The number of aryl methyl sites for hydroxylation is 1. The molecular weight excluding hydrogens is 192 g/mol. The lowest BCUT2D eigenvalue weighted by atomic mass is 10.1. The van der Waals surface area contributed by atoms with Crippen LogP contribution >= 0.6 is 11.8 Å².